The summed E-state index contributed by atoms with van der Waals surface area (Å²) in [5.41, 5.74) is 6.25. The van der Waals surface area contributed by atoms with E-state index < -0.39 is 0 Å². The molecule has 0 saturated heterocycles. The van der Waals surface area contributed by atoms with Gasteiger partial charge in [0.2, 0.25) is 0 Å². The molecule has 1 aliphatic carbocycles. The van der Waals surface area contributed by atoms with E-state index in [0.717, 1.165) is 18.6 Å². The van der Waals surface area contributed by atoms with Crippen LogP contribution in [0.4, 0.5) is 0 Å². The van der Waals surface area contributed by atoms with E-state index in [4.69, 9.17) is 10.5 Å². The molecule has 18 heavy (non-hydrogen) atoms. The molecule has 0 bridgehead atoms. The SMILES string of the molecule is CCC1(C)C(N)CC1Oc1c(I)cc(I)cc1I. The van der Waals surface area contributed by atoms with Crippen LogP contribution >= 0.6 is 67.8 Å². The van der Waals surface area contributed by atoms with Gasteiger partial charge in [-0.05, 0) is 86.3 Å². The molecule has 1 aromatic rings. The van der Waals surface area contributed by atoms with Crippen molar-refractivity contribution in [2.45, 2.75) is 38.8 Å². The first-order chi connectivity index (χ1) is 8.38. The van der Waals surface area contributed by atoms with Crippen LogP contribution in [0.3, 0.4) is 0 Å². The van der Waals surface area contributed by atoms with Crippen molar-refractivity contribution in [3.63, 3.8) is 0 Å². The van der Waals surface area contributed by atoms with Gasteiger partial charge in [0.05, 0.1) is 7.14 Å². The summed E-state index contributed by atoms with van der Waals surface area (Å²) >= 11 is 7.03. The highest BCUT2D eigenvalue weighted by molar-refractivity contribution is 14.1. The largest absolute Gasteiger partial charge is 0.488 e. The third kappa shape index (κ3) is 2.78. The van der Waals surface area contributed by atoms with Crippen LogP contribution < -0.4 is 10.5 Å². The second-order valence-electron chi connectivity index (χ2n) is 5.01. The van der Waals surface area contributed by atoms with E-state index in [2.05, 4.69) is 93.8 Å². The Kier molecular flexibility index (Phi) is 5.09. The molecule has 0 spiro atoms. The maximum absolute atomic E-state index is 6.25. The molecule has 5 heteroatoms. The van der Waals surface area contributed by atoms with Crippen molar-refractivity contribution in [1.82, 2.24) is 0 Å². The fourth-order valence-electron chi connectivity index (χ4n) is 2.30. The molecule has 0 amide bonds. The van der Waals surface area contributed by atoms with Crippen LogP contribution in [0.25, 0.3) is 0 Å². The number of benzene rings is 1. The summed E-state index contributed by atoms with van der Waals surface area (Å²) in [6.45, 7) is 4.43. The summed E-state index contributed by atoms with van der Waals surface area (Å²) in [6.07, 6.45) is 2.28. The van der Waals surface area contributed by atoms with Crippen molar-refractivity contribution in [2.24, 2.45) is 11.1 Å². The van der Waals surface area contributed by atoms with Crippen molar-refractivity contribution in [1.29, 1.82) is 0 Å². The van der Waals surface area contributed by atoms with Gasteiger partial charge in [-0.15, -0.1) is 0 Å². The minimum atomic E-state index is 0.120. The summed E-state index contributed by atoms with van der Waals surface area (Å²) in [6, 6.07) is 4.58. The molecule has 2 nitrogen and oxygen atoms in total. The van der Waals surface area contributed by atoms with Crippen molar-refractivity contribution < 1.29 is 4.74 Å². The number of ether oxygens (including phenoxy) is 1. The van der Waals surface area contributed by atoms with Gasteiger partial charge in [-0.25, -0.2) is 0 Å². The van der Waals surface area contributed by atoms with E-state index in [-0.39, 0.29) is 17.6 Å². The Morgan fingerprint density at radius 3 is 2.33 bits per heavy atom. The molecule has 0 radical (unpaired) electrons. The molecule has 2 rings (SSSR count). The lowest BCUT2D eigenvalue weighted by Crippen LogP contribution is -2.61. The minimum Gasteiger partial charge on any atom is -0.488 e. The average molecular weight is 583 g/mol. The minimum absolute atomic E-state index is 0.120. The van der Waals surface area contributed by atoms with Crippen molar-refractivity contribution in [3.05, 3.63) is 22.8 Å². The third-order valence-corrected chi connectivity index (χ3v) is 6.26. The highest BCUT2D eigenvalue weighted by Gasteiger charge is 2.50. The third-order valence-electron chi connectivity index (χ3n) is 4.04. The molecular formula is C13H16I3NO. The van der Waals surface area contributed by atoms with Crippen LogP contribution in [-0.2, 0) is 0 Å². The topological polar surface area (TPSA) is 35.2 Å². The van der Waals surface area contributed by atoms with E-state index in [1.807, 2.05) is 0 Å². The normalized spacial score (nSPS) is 31.0. The molecule has 1 fully saturated rings. The Balaban J connectivity index is 2.21. The second-order valence-corrected chi connectivity index (χ2v) is 8.58. The average Bonchev–Trinajstić information content (AvgIpc) is 2.30. The van der Waals surface area contributed by atoms with E-state index in [1.165, 1.54) is 10.7 Å². The van der Waals surface area contributed by atoms with E-state index in [9.17, 15) is 0 Å². The lowest BCUT2D eigenvalue weighted by molar-refractivity contribution is -0.0568. The van der Waals surface area contributed by atoms with Crippen LogP contribution in [0.15, 0.2) is 12.1 Å². The van der Waals surface area contributed by atoms with Gasteiger partial charge >= 0.3 is 0 Å². The Hall–Kier alpha value is 1.17. The Bertz CT molecular complexity index is 443. The molecule has 100 valence electrons. The first-order valence-corrected chi connectivity index (χ1v) is 9.19. The Labute approximate surface area is 149 Å². The fraction of sp³-hybridized carbons (Fsp3) is 0.538. The van der Waals surface area contributed by atoms with Gasteiger partial charge in [-0.3, -0.25) is 0 Å². The van der Waals surface area contributed by atoms with Crippen LogP contribution in [0.1, 0.15) is 26.7 Å². The molecule has 1 aromatic carbocycles. The van der Waals surface area contributed by atoms with Gasteiger partial charge in [0.15, 0.2) is 0 Å². The van der Waals surface area contributed by atoms with Gasteiger partial charge in [0.1, 0.15) is 11.9 Å². The Morgan fingerprint density at radius 2 is 1.89 bits per heavy atom. The van der Waals surface area contributed by atoms with Crippen molar-refractivity contribution in [2.75, 3.05) is 0 Å². The smallest absolute Gasteiger partial charge is 0.146 e. The summed E-state index contributed by atoms with van der Waals surface area (Å²) in [5, 5.41) is 0. The molecule has 2 N–H and O–H groups in total. The molecular weight excluding hydrogens is 567 g/mol. The van der Waals surface area contributed by atoms with E-state index >= 15 is 0 Å². The quantitative estimate of drug-likeness (QED) is 0.537. The number of halogens is 3. The van der Waals surface area contributed by atoms with Crippen molar-refractivity contribution in [3.8, 4) is 5.75 Å². The van der Waals surface area contributed by atoms with Gasteiger partial charge in [0, 0.05) is 21.4 Å². The van der Waals surface area contributed by atoms with Gasteiger partial charge in [-0.2, -0.15) is 0 Å². The zero-order chi connectivity index (χ0) is 13.5. The second kappa shape index (κ2) is 5.88. The number of rotatable bonds is 3. The first-order valence-electron chi connectivity index (χ1n) is 5.95. The predicted octanol–water partition coefficient (Wildman–Crippen LogP) is 4.40. The maximum Gasteiger partial charge on any atom is 0.146 e. The zero-order valence-corrected chi connectivity index (χ0v) is 16.8. The van der Waals surface area contributed by atoms with Crippen molar-refractivity contribution >= 4 is 67.8 Å². The molecule has 1 saturated carbocycles. The molecule has 3 unspecified atom stereocenters. The molecule has 1 aliphatic rings. The highest BCUT2D eigenvalue weighted by Crippen LogP contribution is 2.46. The van der Waals surface area contributed by atoms with Crippen LogP contribution in [0, 0.1) is 16.1 Å². The predicted molar refractivity (Wildman–Crippen MR) is 100.0 cm³/mol. The number of hydrogen-bond acceptors (Lipinski definition) is 2. The summed E-state index contributed by atoms with van der Waals surface area (Å²) in [7, 11) is 0. The van der Waals surface area contributed by atoms with Crippen LogP contribution in [0.5, 0.6) is 5.75 Å². The standard InChI is InChI=1S/C13H16I3NO/c1-3-13(2)10(17)6-11(13)18-12-8(15)4-7(14)5-9(12)16/h4-5,10-11H,3,6,17H2,1-2H3. The van der Waals surface area contributed by atoms with Gasteiger partial charge in [0.25, 0.3) is 0 Å². The van der Waals surface area contributed by atoms with Gasteiger partial charge in [-0.1, -0.05) is 13.8 Å². The number of nitrogens with two attached hydrogens (primary N) is 1. The fourth-order valence-corrected chi connectivity index (χ4v) is 6.14. The lowest BCUT2D eigenvalue weighted by Gasteiger charge is -2.51. The molecule has 0 aliphatic heterocycles. The summed E-state index contributed by atoms with van der Waals surface area (Å²) in [5.74, 6) is 1.02. The Morgan fingerprint density at radius 1 is 1.33 bits per heavy atom. The van der Waals surface area contributed by atoms with Gasteiger partial charge < -0.3 is 10.5 Å². The highest BCUT2D eigenvalue weighted by atomic mass is 127. The summed E-state index contributed by atoms with van der Waals surface area (Å²) < 4.78 is 9.86. The number of hydrogen-bond donors (Lipinski definition) is 1. The molecule has 3 atom stereocenters. The zero-order valence-electron chi connectivity index (χ0n) is 10.3. The molecule has 0 heterocycles. The van der Waals surface area contributed by atoms with Crippen LogP contribution in [0.2, 0.25) is 0 Å². The lowest BCUT2D eigenvalue weighted by atomic mass is 9.62. The first kappa shape index (κ1) is 15.6. The van der Waals surface area contributed by atoms with E-state index in [0.29, 0.717) is 0 Å². The van der Waals surface area contributed by atoms with Crippen LogP contribution in [-0.4, -0.2) is 12.1 Å². The summed E-state index contributed by atoms with van der Waals surface area (Å²) in [4.78, 5) is 0. The monoisotopic (exact) mass is 583 g/mol. The van der Waals surface area contributed by atoms with E-state index in [1.54, 1.807) is 0 Å². The maximum atomic E-state index is 6.25. The molecule has 0 aromatic heterocycles.